The number of nitrogens with zero attached hydrogens (tertiary/aromatic N) is 1. The number of rotatable bonds is 21. The van der Waals surface area contributed by atoms with Crippen molar-refractivity contribution in [3.8, 4) is 5.75 Å². The average molecular weight is 746 g/mol. The summed E-state index contributed by atoms with van der Waals surface area (Å²) in [6.07, 6.45) is 17.0. The second-order valence-electron chi connectivity index (χ2n) is 16.4. The highest BCUT2D eigenvalue weighted by molar-refractivity contribution is 5.70. The van der Waals surface area contributed by atoms with Crippen molar-refractivity contribution in [3.63, 3.8) is 0 Å². The van der Waals surface area contributed by atoms with Crippen LogP contribution >= 0.6 is 0 Å². The number of aromatic nitrogens is 2. The molecule has 2 heterocycles. The summed E-state index contributed by atoms with van der Waals surface area (Å²) >= 11 is 0. The van der Waals surface area contributed by atoms with Crippen LogP contribution < -0.4 is 5.73 Å². The minimum atomic E-state index is -1.34. The maximum Gasteiger partial charge on any atom is 0.309 e. The van der Waals surface area contributed by atoms with E-state index in [1.807, 2.05) is 36.5 Å². The lowest BCUT2D eigenvalue weighted by molar-refractivity contribution is -0.147. The van der Waals surface area contributed by atoms with E-state index in [0.717, 1.165) is 48.8 Å². The average Bonchev–Trinajstić information content (AvgIpc) is 3.74. The number of aromatic amines is 1. The second kappa shape index (κ2) is 19.8. The number of benzene rings is 1. The third kappa shape index (κ3) is 11.7. The van der Waals surface area contributed by atoms with Crippen LogP contribution in [0.15, 0.2) is 67.0 Å². The van der Waals surface area contributed by atoms with Gasteiger partial charge in [-0.3, -0.25) is 4.79 Å². The molecule has 54 heavy (non-hydrogen) atoms. The molecule has 10 heteroatoms. The van der Waals surface area contributed by atoms with Crippen LogP contribution in [0.2, 0.25) is 0 Å². The zero-order chi connectivity index (χ0) is 38.7. The molecular weight excluding hydrogens is 682 g/mol. The Morgan fingerprint density at radius 1 is 0.963 bits per heavy atom. The molecule has 9 N–H and O–H groups in total. The maximum atomic E-state index is 12.3. The van der Waals surface area contributed by atoms with E-state index in [1.165, 1.54) is 19.3 Å². The summed E-state index contributed by atoms with van der Waals surface area (Å²) in [5.41, 5.74) is 8.16. The highest BCUT2D eigenvalue weighted by Gasteiger charge is 2.49. The van der Waals surface area contributed by atoms with Gasteiger partial charge in [0.25, 0.3) is 0 Å². The number of phenolic OH excluding ortho intramolecular Hbond substituents is 1. The number of nitrogens with two attached hydrogens (primary N) is 1. The van der Waals surface area contributed by atoms with E-state index < -0.39 is 35.6 Å². The van der Waals surface area contributed by atoms with Gasteiger partial charge in [0.2, 0.25) is 0 Å². The van der Waals surface area contributed by atoms with E-state index in [0.29, 0.717) is 56.0 Å². The molecule has 10 nitrogen and oxygen atoms in total. The molecule has 0 aliphatic heterocycles. The highest BCUT2D eigenvalue weighted by Crippen LogP contribution is 2.49. The zero-order valence-electron chi connectivity index (χ0n) is 31.9. The number of anilines is 1. The van der Waals surface area contributed by atoms with E-state index in [-0.39, 0.29) is 36.5 Å². The van der Waals surface area contributed by atoms with Crippen molar-refractivity contribution in [3.05, 3.63) is 89.4 Å². The van der Waals surface area contributed by atoms with Gasteiger partial charge in [-0.2, -0.15) is 0 Å². The van der Waals surface area contributed by atoms with Gasteiger partial charge in [0.15, 0.2) is 0 Å². The molecule has 9 atom stereocenters. The Bertz CT molecular complexity index is 1630. The minimum Gasteiger partial charge on any atom is -0.508 e. The first kappa shape index (κ1) is 41.5. The van der Waals surface area contributed by atoms with Gasteiger partial charge in [0, 0.05) is 29.9 Å². The van der Waals surface area contributed by atoms with E-state index in [4.69, 9.17) is 5.73 Å². The number of carboxylic acids is 1. The van der Waals surface area contributed by atoms with Gasteiger partial charge < -0.3 is 41.4 Å². The number of allylic oxidation sites excluding steroid dienone is 1. The lowest BCUT2D eigenvalue weighted by atomic mass is 9.79. The number of H-pyrrole nitrogens is 1. The van der Waals surface area contributed by atoms with Gasteiger partial charge in [-0.1, -0.05) is 69.7 Å². The van der Waals surface area contributed by atoms with Gasteiger partial charge in [-0.05, 0) is 123 Å². The quantitative estimate of drug-likeness (QED) is 0.0410. The normalized spacial score (nSPS) is 25.8. The zero-order valence-corrected chi connectivity index (χ0v) is 31.9. The Kier molecular flexibility index (Phi) is 15.2. The summed E-state index contributed by atoms with van der Waals surface area (Å²) in [5.74, 6) is -1.31. The monoisotopic (exact) mass is 745 g/mol. The highest BCUT2D eigenvalue weighted by atomic mass is 16.4. The van der Waals surface area contributed by atoms with E-state index in [2.05, 4.69) is 29.0 Å². The molecule has 0 amide bonds. The summed E-state index contributed by atoms with van der Waals surface area (Å²) in [7, 11) is 0. The molecule has 1 saturated carbocycles. The Labute approximate surface area is 320 Å². The molecule has 1 aromatic carbocycles. The summed E-state index contributed by atoms with van der Waals surface area (Å²) in [6.45, 7) is 2.20. The molecule has 1 fully saturated rings. The number of carbonyl (C=O) groups is 1. The predicted molar refractivity (Wildman–Crippen MR) is 211 cm³/mol. The Morgan fingerprint density at radius 2 is 1.74 bits per heavy atom. The first-order valence-corrected chi connectivity index (χ1v) is 20.3. The van der Waals surface area contributed by atoms with Crippen molar-refractivity contribution < 1.29 is 35.4 Å². The molecular formula is C44H63N3O7. The molecule has 3 aromatic rings. The Hall–Kier alpha value is -3.70. The lowest BCUT2D eigenvalue weighted by Crippen LogP contribution is -2.39. The molecule has 2 aliphatic rings. The number of aromatic hydroxyl groups is 1. The third-order valence-electron chi connectivity index (χ3n) is 12.2. The first-order valence-electron chi connectivity index (χ1n) is 20.3. The largest absolute Gasteiger partial charge is 0.508 e. The molecule has 5 rings (SSSR count). The summed E-state index contributed by atoms with van der Waals surface area (Å²) in [5, 5.41) is 65.7. The number of hydrogen-bond acceptors (Lipinski definition) is 8. The van der Waals surface area contributed by atoms with Crippen molar-refractivity contribution in [1.82, 2.24) is 9.97 Å². The number of unbranched alkanes of at least 4 members (excludes halogenated alkanes) is 4. The van der Waals surface area contributed by atoms with Crippen molar-refractivity contribution in [2.24, 2.45) is 29.6 Å². The molecule has 0 unspecified atom stereocenters. The van der Waals surface area contributed by atoms with Crippen LogP contribution in [0.4, 0.5) is 5.82 Å². The molecule has 2 aliphatic carbocycles. The van der Waals surface area contributed by atoms with Crippen LogP contribution in [0.3, 0.4) is 0 Å². The number of pyridine rings is 1. The van der Waals surface area contributed by atoms with Gasteiger partial charge in [0.1, 0.15) is 11.6 Å². The smallest absolute Gasteiger partial charge is 0.309 e. The van der Waals surface area contributed by atoms with Crippen LogP contribution in [0.1, 0.15) is 125 Å². The number of carboxylic acid groups (broad SMARTS) is 1. The van der Waals surface area contributed by atoms with Crippen LogP contribution in [-0.2, 0) is 17.6 Å². The fourth-order valence-electron chi connectivity index (χ4n) is 9.08. The summed E-state index contributed by atoms with van der Waals surface area (Å²) < 4.78 is 0. The number of aliphatic hydroxyl groups excluding tert-OH is 3. The molecule has 0 bridgehead atoms. The van der Waals surface area contributed by atoms with Crippen molar-refractivity contribution in [2.75, 3.05) is 5.73 Å². The van der Waals surface area contributed by atoms with Gasteiger partial charge in [-0.25, -0.2) is 4.98 Å². The fourth-order valence-corrected chi connectivity index (χ4v) is 9.08. The molecule has 296 valence electrons. The predicted octanol–water partition coefficient (Wildman–Crippen LogP) is 7.25. The van der Waals surface area contributed by atoms with Gasteiger partial charge in [0.05, 0.1) is 29.8 Å². The molecule has 0 saturated heterocycles. The van der Waals surface area contributed by atoms with Gasteiger partial charge in [-0.15, -0.1) is 0 Å². The number of phenols is 1. The van der Waals surface area contributed by atoms with Crippen molar-refractivity contribution in [1.29, 1.82) is 0 Å². The number of aliphatic carboxylic acids is 1. The fraction of sp³-hybridized carbons (Fsp3) is 0.591. The first-order chi connectivity index (χ1) is 25.9. The molecule has 0 radical (unpaired) electrons. The number of aliphatic hydroxyl groups is 4. The minimum absolute atomic E-state index is 0.0276. The van der Waals surface area contributed by atoms with Crippen molar-refractivity contribution >= 4 is 11.8 Å². The maximum absolute atomic E-state index is 12.3. The van der Waals surface area contributed by atoms with Gasteiger partial charge >= 0.3 is 5.97 Å². The van der Waals surface area contributed by atoms with Crippen LogP contribution in [-0.4, -0.2) is 64.4 Å². The third-order valence-corrected chi connectivity index (χ3v) is 12.2. The number of hydrogen-bond donors (Lipinski definition) is 8. The summed E-state index contributed by atoms with van der Waals surface area (Å²) in [6, 6.07) is 12.6. The Balaban J connectivity index is 1.17. The van der Waals surface area contributed by atoms with E-state index >= 15 is 0 Å². The van der Waals surface area contributed by atoms with Crippen LogP contribution in [0.25, 0.3) is 0 Å². The van der Waals surface area contributed by atoms with Crippen molar-refractivity contribution in [2.45, 2.75) is 134 Å². The number of nitrogen functional groups attached to an aromatic ring is 1. The lowest BCUT2D eigenvalue weighted by Gasteiger charge is -2.34. The SMILES string of the molecule is CCCCC[C@H]1C=C[C@H](CCCCC[C@H](C(=O)O)[C@H](O)CC[C@]2(O)C[C@@H](Cc3ccnc(N)c3)C[C@H]2[C@H](O)c2cc(Cc3ccc(O)cc3)c[nH]2)[C@@H](O)C1. The summed E-state index contributed by atoms with van der Waals surface area (Å²) in [4.78, 5) is 19.7. The molecule has 2 aromatic heterocycles. The van der Waals surface area contributed by atoms with E-state index in [1.54, 1.807) is 18.3 Å². The van der Waals surface area contributed by atoms with E-state index in [9.17, 15) is 35.4 Å². The second-order valence-corrected chi connectivity index (χ2v) is 16.4. The standard InChI is InChI=1S/C44H63N3O7/c1-2-3-5-8-29-11-14-34(40(50)25-29)9-6-4-7-10-36(43(52)53)39(49)17-19-44(54)27-32(22-31-18-20-46-41(45)26-31)23-37(44)42(51)38-24-33(28-47-38)21-30-12-15-35(48)16-13-30/h11-16,18,20,24,26,28-29,32,34,36-37,39-40,42,47-51,54H,2-10,17,19,21-23,25,27H2,1H3,(H2,45,46)(H,52,53)/t29-,32-,34-,36-,37-,39+,40-,42-,44-/m0/s1. The number of nitrogens with one attached hydrogen (secondary N) is 1. The Morgan fingerprint density at radius 3 is 2.46 bits per heavy atom. The van der Waals surface area contributed by atoms with Crippen LogP contribution in [0.5, 0.6) is 5.75 Å². The van der Waals surface area contributed by atoms with Crippen LogP contribution in [0, 0.1) is 29.6 Å². The molecule has 0 spiro atoms. The topological polar surface area (TPSA) is 193 Å².